The first-order valence-electron chi connectivity index (χ1n) is 37.4. The highest BCUT2D eigenvalue weighted by atomic mass is 33.1. The molecular formula is C74H101N17O20S2. The molecule has 614 valence electrons. The van der Waals surface area contributed by atoms with Gasteiger partial charge in [0, 0.05) is 137 Å². The molecule has 0 spiro atoms. The molecule has 7 rings (SSSR count). The molecule has 3 aliphatic heterocycles. The van der Waals surface area contributed by atoms with E-state index < -0.39 is 243 Å². The van der Waals surface area contributed by atoms with Gasteiger partial charge in [0.05, 0.1) is 72.7 Å². The molecule has 0 radical (unpaired) electrons. The number of Topliss-reactive ketones (excluding diaryl/α,β-unsaturated/α-hetero) is 6. The van der Waals surface area contributed by atoms with Crippen LogP contribution in [0.15, 0.2) is 65.9 Å². The Morgan fingerprint density at radius 3 is 2.04 bits per heavy atom. The third-order valence-electron chi connectivity index (χ3n) is 20.1. The second-order valence-corrected chi connectivity index (χ2v) is 31.3. The third kappa shape index (κ3) is 28.2. The molecule has 0 aliphatic carbocycles. The van der Waals surface area contributed by atoms with E-state index in [1.165, 1.54) is 35.1 Å². The molecule has 3 aliphatic rings. The number of guanidine groups is 1. The number of hydrogen-bond donors (Lipinski definition) is 16. The molecule has 21 N–H and O–H groups in total. The molecular weight excluding hydrogens is 1510 g/mol. The van der Waals surface area contributed by atoms with Gasteiger partial charge in [-0.05, 0) is 100 Å². The van der Waals surface area contributed by atoms with Gasteiger partial charge in [-0.2, -0.15) is 0 Å². The van der Waals surface area contributed by atoms with E-state index in [9.17, 15) is 73.2 Å². The van der Waals surface area contributed by atoms with Gasteiger partial charge in [-0.15, -0.1) is 5.10 Å². The number of nitrogens with two attached hydrogens (primary N) is 5. The van der Waals surface area contributed by atoms with E-state index in [4.69, 9.17) is 28.7 Å². The normalized spacial score (nSPS) is 24.2. The Morgan fingerprint density at radius 1 is 0.708 bits per heavy atom. The summed E-state index contributed by atoms with van der Waals surface area (Å²) in [6, 6.07) is 2.33. The van der Waals surface area contributed by atoms with Crippen LogP contribution < -0.4 is 60.6 Å². The number of benzene rings is 2. The van der Waals surface area contributed by atoms with Gasteiger partial charge in [-0.1, -0.05) is 57.1 Å². The Balaban J connectivity index is 1.40. The molecule has 37 nitrogen and oxygen atoms in total. The smallest absolute Gasteiger partial charge is 0.312 e. The number of hydrogen-bond acceptors (Lipinski definition) is 24. The lowest BCUT2D eigenvalue weighted by Crippen LogP contribution is -2.52. The molecule has 2 aromatic heterocycles. The Labute approximate surface area is 657 Å². The lowest BCUT2D eigenvalue weighted by atomic mass is 9.88. The molecule has 2 fully saturated rings. The number of aromatic hydroxyl groups is 1. The SMILES string of the molecule is C[C@@H](O)[C@@H]1NC(=O)[C@H]2CC(=O)[C@@H](NC(=O)CN)CSSC[C@H](NC(=O)[C@H](CCCN=C(N)N)CC(=O)[C@@H]3CCCN3C(=O)[C@H](CC(=O)O)CC1=O)C(=O)C[C@@H](CCCNC(N)=O)C(=O)N[C@@H](Cc1c[nH]c3ccccc13)C(=O)C[C@@H](CCC(N)=O)C(=O)N[C@H](C(=O)C[C@@H](Cc1ccc(O)cc1)C(=O)O)CCCn1cc(nn1)C2. The lowest BCUT2D eigenvalue weighted by Gasteiger charge is -2.30. The number of fused-ring (bicyclic) bond motifs is 12. The van der Waals surface area contributed by atoms with Crippen LogP contribution in [0.5, 0.6) is 5.75 Å². The number of aliphatic imine (C=N–C) groups is 1. The van der Waals surface area contributed by atoms with Crippen molar-refractivity contribution < 1.29 is 97.1 Å². The fraction of sp³-hybridized carbons (Fsp3) is 0.554. The summed E-state index contributed by atoms with van der Waals surface area (Å²) in [5, 5.41) is 66.8. The van der Waals surface area contributed by atoms with E-state index in [-0.39, 0.29) is 119 Å². The van der Waals surface area contributed by atoms with E-state index >= 15 is 24.0 Å². The highest BCUT2D eigenvalue weighted by molar-refractivity contribution is 8.76. The zero-order valence-corrected chi connectivity index (χ0v) is 64.3. The summed E-state index contributed by atoms with van der Waals surface area (Å²) in [6.07, 6.45) is -6.32. The first-order valence-corrected chi connectivity index (χ1v) is 39.9. The van der Waals surface area contributed by atoms with Crippen LogP contribution in [0.25, 0.3) is 10.9 Å². The number of aromatic amines is 1. The number of aliphatic hydroxyl groups excluding tert-OH is 1. The van der Waals surface area contributed by atoms with Crippen LogP contribution in [0.2, 0.25) is 0 Å². The largest absolute Gasteiger partial charge is 0.508 e. The number of ketones is 6. The number of H-pyrrole nitrogens is 1. The van der Waals surface area contributed by atoms with Gasteiger partial charge in [0.15, 0.2) is 40.7 Å². The number of aliphatic carboxylic acids is 2. The Hall–Kier alpha value is -10.7. The first kappa shape index (κ1) is 89.5. The average molecular weight is 1610 g/mol. The van der Waals surface area contributed by atoms with Crippen LogP contribution >= 0.6 is 21.6 Å². The number of rotatable bonds is 24. The zero-order chi connectivity index (χ0) is 82.6. The molecule has 0 unspecified atom stereocenters. The molecule has 4 bridgehead atoms. The Bertz CT molecular complexity index is 4130. The standard InChI is InChI=1S/C74H101N17O20S2/c1-39(92)66-62(99)31-45(33-65(102)103)71(108)91-23-7-13-56(91)61(98)29-42(8-4-20-80-73(77)78)68(105)86-55-38-113-112-37-54(83-64(101)34-75)60(97)30-44(70(107)87-66)25-48-36-90(89-88-48)22-6-12-52(57(94)32-46(72(109)110)24-40-14-17-49(93)18-15-40)84-69(106)43(16-19-63(76)100)28-58(95)53(26-47-35-82-51-11-3-2-10-50(47)51)85-67(104)41(27-59(55)96)9-5-21-81-74(79)111/h2-3,10-11,14-15,17-18,35-36,39,41-46,52-56,66,82,92-93H,4-9,12-13,16,19-34,37-38,75H2,1H3,(H2,76,100)(H,83,101)(H,84,106)(H,85,104)(H,86,105)(H,87,107)(H,102,103)(H,109,110)(H4,77,78,80)(H3,79,81,111)/t39-,41-,42-,43-,44-,45+,46-,52+,53+,54+,55+,56+,66+/m1/s1. The molecule has 4 aromatic rings. The van der Waals surface area contributed by atoms with Crippen molar-refractivity contribution in [3.63, 3.8) is 0 Å². The fourth-order valence-electron chi connectivity index (χ4n) is 14.0. The topological polar surface area (TPSA) is 618 Å². The second kappa shape index (κ2) is 44.0. The second-order valence-electron chi connectivity index (χ2n) is 28.8. The minimum Gasteiger partial charge on any atom is -0.508 e. The van der Waals surface area contributed by atoms with Crippen LogP contribution in [-0.2, 0) is 97.7 Å². The maximum atomic E-state index is 15.5. The fourth-order valence-corrected chi connectivity index (χ4v) is 16.4. The van der Waals surface area contributed by atoms with Crippen molar-refractivity contribution in [2.24, 2.45) is 69.2 Å². The first-order chi connectivity index (χ1) is 53.8. The van der Waals surface area contributed by atoms with Gasteiger partial charge < -0.3 is 90.9 Å². The third-order valence-corrected chi connectivity index (χ3v) is 22.5. The number of carboxylic acids is 2. The molecule has 13 atom stereocenters. The number of carboxylic acid groups (broad SMARTS) is 2. The minimum absolute atomic E-state index is 0.0247. The van der Waals surface area contributed by atoms with Crippen LogP contribution in [0.1, 0.15) is 133 Å². The molecule has 39 heteroatoms. The van der Waals surface area contributed by atoms with Crippen molar-refractivity contribution in [1.82, 2.24) is 56.8 Å². The number of aromatic nitrogens is 4. The molecule has 2 aromatic carbocycles. The average Bonchev–Trinajstić information content (AvgIpc) is 1.72. The number of nitrogens with one attached hydrogen (secondary N) is 7. The van der Waals surface area contributed by atoms with Crippen LogP contribution in [0.3, 0.4) is 0 Å². The number of carbonyl (C=O) groups excluding carboxylic acids is 14. The van der Waals surface area contributed by atoms with Crippen LogP contribution in [0, 0.1) is 35.5 Å². The predicted octanol–water partition coefficient (Wildman–Crippen LogP) is -0.785. The van der Waals surface area contributed by atoms with Gasteiger partial charge in [0.25, 0.3) is 0 Å². The number of phenols is 1. The Kier molecular flexibility index (Phi) is 34.8. The highest BCUT2D eigenvalue weighted by Crippen LogP contribution is 2.31. The van der Waals surface area contributed by atoms with Crippen LogP contribution in [-0.4, -0.2) is 225 Å². The van der Waals surface area contributed by atoms with Crippen molar-refractivity contribution >= 4 is 132 Å². The molecule has 0 saturated carbocycles. The molecule has 113 heavy (non-hydrogen) atoms. The summed E-state index contributed by atoms with van der Waals surface area (Å²) in [7, 11) is 1.83. The van der Waals surface area contributed by atoms with Crippen molar-refractivity contribution in [3.05, 3.63) is 77.7 Å². The predicted molar refractivity (Wildman–Crippen MR) is 411 cm³/mol. The van der Waals surface area contributed by atoms with E-state index in [1.54, 1.807) is 30.5 Å². The molecule has 2 saturated heterocycles. The van der Waals surface area contributed by atoms with E-state index in [0.717, 1.165) is 33.4 Å². The zero-order valence-electron chi connectivity index (χ0n) is 62.6. The summed E-state index contributed by atoms with van der Waals surface area (Å²) in [6.45, 7) is 0.0922. The maximum Gasteiger partial charge on any atom is 0.312 e. The van der Waals surface area contributed by atoms with Gasteiger partial charge in [-0.3, -0.25) is 81.6 Å². The lowest BCUT2D eigenvalue weighted by molar-refractivity contribution is -0.148. The summed E-state index contributed by atoms with van der Waals surface area (Å²) in [4.78, 5) is 237. The van der Waals surface area contributed by atoms with Gasteiger partial charge in [0.2, 0.25) is 41.4 Å². The van der Waals surface area contributed by atoms with E-state index in [1.807, 2.05) is 0 Å². The number of nitrogens with zero attached hydrogens (tertiary/aromatic N) is 5. The minimum atomic E-state index is -1.88. The summed E-state index contributed by atoms with van der Waals surface area (Å²) >= 11 is 0. The van der Waals surface area contributed by atoms with E-state index in [0.29, 0.717) is 22.0 Å². The number of urea groups is 1. The highest BCUT2D eigenvalue weighted by Gasteiger charge is 2.43. The van der Waals surface area contributed by atoms with E-state index in [2.05, 4.69) is 52.2 Å². The van der Waals surface area contributed by atoms with Crippen molar-refractivity contribution in [1.29, 1.82) is 0 Å². The number of amides is 9. The Morgan fingerprint density at radius 2 is 1.36 bits per heavy atom. The quantitative estimate of drug-likeness (QED) is 0.0177. The van der Waals surface area contributed by atoms with Crippen molar-refractivity contribution in [2.75, 3.05) is 37.7 Å². The summed E-state index contributed by atoms with van der Waals surface area (Å²) < 4.78 is 1.28. The maximum absolute atomic E-state index is 15.5. The number of aliphatic hydroxyl groups is 1. The number of phenolic OH excluding ortho intramolecular Hbond substituents is 1. The van der Waals surface area contributed by atoms with Crippen molar-refractivity contribution in [3.8, 4) is 5.75 Å². The van der Waals surface area contributed by atoms with Gasteiger partial charge in [-0.25, -0.2) is 4.79 Å². The molecule has 5 heterocycles. The van der Waals surface area contributed by atoms with Crippen LogP contribution in [0.4, 0.5) is 4.79 Å². The number of carbonyl (C=O) groups is 16. The van der Waals surface area contributed by atoms with Gasteiger partial charge >= 0.3 is 18.0 Å². The summed E-state index contributed by atoms with van der Waals surface area (Å²) in [5.74, 6) is -24.4. The molecule has 9 amide bonds. The summed E-state index contributed by atoms with van der Waals surface area (Å²) in [5.41, 5.74) is 29.7. The number of para-hydroxylation sites is 1. The van der Waals surface area contributed by atoms with Crippen molar-refractivity contribution in [2.45, 2.75) is 184 Å². The monoisotopic (exact) mass is 1610 g/mol. The van der Waals surface area contributed by atoms with Gasteiger partial charge in [0.1, 0.15) is 11.8 Å². The number of primary amides is 2. The number of aryl methyl sites for hydroxylation is 1.